The Hall–Kier alpha value is -3.51. The average Bonchev–Trinajstić information content (AvgIpc) is 3.31. The van der Waals surface area contributed by atoms with Crippen molar-refractivity contribution in [3.8, 4) is 17.4 Å². The number of rotatable bonds is 7. The highest BCUT2D eigenvalue weighted by atomic mass is 19.1. The van der Waals surface area contributed by atoms with Crippen LogP contribution in [0.25, 0.3) is 17.2 Å². The highest BCUT2D eigenvalue weighted by Gasteiger charge is 2.28. The highest BCUT2D eigenvalue weighted by molar-refractivity contribution is 5.68. The Kier molecular flexibility index (Phi) is 8.12. The molecule has 2 fully saturated rings. The van der Waals surface area contributed by atoms with E-state index in [1.807, 2.05) is 20.8 Å². The molecule has 0 spiro atoms. The number of amides is 1. The molecular formula is C27H36FN7O4. The van der Waals surface area contributed by atoms with Crippen molar-refractivity contribution < 1.29 is 23.4 Å². The summed E-state index contributed by atoms with van der Waals surface area (Å²) in [4.78, 5) is 30.4. The van der Waals surface area contributed by atoms with Gasteiger partial charge < -0.3 is 24.4 Å². The van der Waals surface area contributed by atoms with E-state index in [-0.39, 0.29) is 18.0 Å². The van der Waals surface area contributed by atoms with Crippen molar-refractivity contribution in [2.24, 2.45) is 0 Å². The van der Waals surface area contributed by atoms with Crippen LogP contribution in [0.15, 0.2) is 30.6 Å². The number of carbonyl (C=O) groups excluding carboxylic acids is 1. The third kappa shape index (κ3) is 7.12. The second kappa shape index (κ2) is 11.7. The minimum atomic E-state index is -0.556. The first kappa shape index (κ1) is 27.1. The molecule has 3 aromatic heterocycles. The zero-order valence-electron chi connectivity index (χ0n) is 22.7. The number of piperidine rings is 1. The van der Waals surface area contributed by atoms with Crippen molar-refractivity contribution in [3.05, 3.63) is 36.4 Å². The molecule has 210 valence electrons. The summed E-state index contributed by atoms with van der Waals surface area (Å²) < 4.78 is 32.7. The average molecular weight is 542 g/mol. The number of halogens is 1. The number of ether oxygens (including phenoxy) is 3. The number of nitrogens with one attached hydrogen (secondary N) is 1. The summed E-state index contributed by atoms with van der Waals surface area (Å²) in [5, 5.41) is 3.46. The van der Waals surface area contributed by atoms with Gasteiger partial charge in [-0.15, -0.1) is 0 Å². The minimum absolute atomic E-state index is 0.0325. The number of morpholine rings is 1. The first-order valence-corrected chi connectivity index (χ1v) is 13.4. The summed E-state index contributed by atoms with van der Waals surface area (Å²) >= 11 is 0. The van der Waals surface area contributed by atoms with E-state index in [0.717, 1.165) is 45.7 Å². The number of likely N-dealkylation sites (tertiary alicyclic amines) is 1. The molecule has 2 saturated heterocycles. The molecule has 5 heterocycles. The van der Waals surface area contributed by atoms with Gasteiger partial charge in [-0.1, -0.05) is 0 Å². The minimum Gasteiger partial charge on any atom is -0.476 e. The molecule has 0 radical (unpaired) electrons. The van der Waals surface area contributed by atoms with Crippen LogP contribution in [0, 0.1) is 5.82 Å². The Bertz CT molecular complexity index is 1290. The lowest BCUT2D eigenvalue weighted by Gasteiger charge is -2.34. The number of anilines is 1. The molecule has 1 atom stereocenters. The van der Waals surface area contributed by atoms with Crippen LogP contribution in [0.2, 0.25) is 0 Å². The van der Waals surface area contributed by atoms with Gasteiger partial charge in [0, 0.05) is 51.0 Å². The second-order valence-electron chi connectivity index (χ2n) is 10.8. The Morgan fingerprint density at radius 2 is 2.03 bits per heavy atom. The van der Waals surface area contributed by atoms with Crippen LogP contribution < -0.4 is 10.1 Å². The fourth-order valence-electron chi connectivity index (χ4n) is 4.71. The van der Waals surface area contributed by atoms with Crippen LogP contribution in [0.5, 0.6) is 5.88 Å². The number of hydrogen-bond donors (Lipinski definition) is 1. The molecule has 5 rings (SSSR count). The van der Waals surface area contributed by atoms with Crippen LogP contribution >= 0.6 is 0 Å². The van der Waals surface area contributed by atoms with Crippen LogP contribution in [-0.2, 0) is 9.47 Å². The smallest absolute Gasteiger partial charge is 0.410 e. The molecule has 1 unspecified atom stereocenters. The SMILES string of the molecule is CC(C)(C)OC(=O)N1CCCC(Nc2cc(OCCN3CCOCC3)nc(-c3cnc4ccc(F)cn34)n2)C1. The number of hydrogen-bond acceptors (Lipinski definition) is 9. The molecule has 2 aliphatic heterocycles. The summed E-state index contributed by atoms with van der Waals surface area (Å²) in [5.74, 6) is 0.937. The molecule has 0 bridgehead atoms. The molecule has 2 aliphatic rings. The zero-order chi connectivity index (χ0) is 27.4. The Balaban J connectivity index is 1.36. The molecule has 0 aliphatic carbocycles. The molecule has 0 aromatic carbocycles. The van der Waals surface area contributed by atoms with E-state index in [4.69, 9.17) is 19.2 Å². The lowest BCUT2D eigenvalue weighted by atomic mass is 10.1. The van der Waals surface area contributed by atoms with Gasteiger partial charge in [0.1, 0.15) is 35.2 Å². The van der Waals surface area contributed by atoms with E-state index in [2.05, 4.69) is 20.2 Å². The van der Waals surface area contributed by atoms with Crippen LogP contribution in [0.1, 0.15) is 33.6 Å². The topological polar surface area (TPSA) is 106 Å². The number of imidazole rings is 1. The third-order valence-electron chi connectivity index (χ3n) is 6.59. The van der Waals surface area contributed by atoms with Gasteiger partial charge in [-0.25, -0.2) is 19.2 Å². The number of aromatic nitrogens is 4. The van der Waals surface area contributed by atoms with Crippen molar-refractivity contribution in [3.63, 3.8) is 0 Å². The molecule has 1 amide bonds. The van der Waals surface area contributed by atoms with Gasteiger partial charge >= 0.3 is 6.09 Å². The van der Waals surface area contributed by atoms with E-state index in [1.165, 1.54) is 12.3 Å². The highest BCUT2D eigenvalue weighted by Crippen LogP contribution is 2.25. The van der Waals surface area contributed by atoms with Crippen molar-refractivity contribution in [2.45, 2.75) is 45.3 Å². The number of pyridine rings is 1. The maximum absolute atomic E-state index is 14.0. The molecule has 0 saturated carbocycles. The van der Waals surface area contributed by atoms with Gasteiger partial charge in [0.15, 0.2) is 5.82 Å². The summed E-state index contributed by atoms with van der Waals surface area (Å²) in [5.41, 5.74) is 0.577. The van der Waals surface area contributed by atoms with Crippen molar-refractivity contribution in [1.29, 1.82) is 0 Å². The first-order valence-electron chi connectivity index (χ1n) is 13.4. The number of carbonyl (C=O) groups is 1. The molecule has 1 N–H and O–H groups in total. The van der Waals surface area contributed by atoms with E-state index < -0.39 is 5.60 Å². The van der Waals surface area contributed by atoms with Gasteiger partial charge in [-0.3, -0.25) is 9.30 Å². The van der Waals surface area contributed by atoms with Gasteiger partial charge in [-0.05, 0) is 45.7 Å². The fourth-order valence-corrected chi connectivity index (χ4v) is 4.71. The Morgan fingerprint density at radius 3 is 2.82 bits per heavy atom. The van der Waals surface area contributed by atoms with Crippen LogP contribution in [-0.4, -0.2) is 99.4 Å². The van der Waals surface area contributed by atoms with E-state index in [9.17, 15) is 9.18 Å². The van der Waals surface area contributed by atoms with Gasteiger partial charge in [0.05, 0.1) is 19.4 Å². The normalized spacial score (nSPS) is 18.8. The predicted octanol–water partition coefficient (Wildman–Crippen LogP) is 3.45. The first-order chi connectivity index (χ1) is 18.7. The van der Waals surface area contributed by atoms with Crippen molar-refractivity contribution in [1.82, 2.24) is 29.2 Å². The van der Waals surface area contributed by atoms with E-state index >= 15 is 0 Å². The van der Waals surface area contributed by atoms with Gasteiger partial charge in [-0.2, -0.15) is 4.98 Å². The van der Waals surface area contributed by atoms with E-state index in [0.29, 0.717) is 48.6 Å². The molecule has 12 heteroatoms. The molecule has 11 nitrogen and oxygen atoms in total. The fraction of sp³-hybridized carbons (Fsp3) is 0.556. The third-order valence-corrected chi connectivity index (χ3v) is 6.59. The lowest BCUT2D eigenvalue weighted by Crippen LogP contribution is -2.47. The number of fused-ring (bicyclic) bond motifs is 1. The maximum Gasteiger partial charge on any atom is 0.410 e. The largest absolute Gasteiger partial charge is 0.476 e. The number of nitrogens with zero attached hydrogens (tertiary/aromatic N) is 6. The van der Waals surface area contributed by atoms with Crippen LogP contribution in [0.4, 0.5) is 15.0 Å². The summed E-state index contributed by atoms with van der Waals surface area (Å²) in [6.45, 7) is 11.1. The molecule has 39 heavy (non-hydrogen) atoms. The molecule has 3 aromatic rings. The van der Waals surface area contributed by atoms with Crippen LogP contribution in [0.3, 0.4) is 0 Å². The monoisotopic (exact) mass is 541 g/mol. The standard InChI is InChI=1S/C27H36FN7O4/c1-27(2,3)39-26(36)34-8-4-5-20(18-34)30-22-15-24(38-14-11-33-9-12-37-13-10-33)32-25(31-22)21-16-29-23-7-6-19(28)17-35(21)23/h6-7,15-17,20H,4-5,8-14,18H2,1-3H3,(H,30,31,32). The Morgan fingerprint density at radius 1 is 1.21 bits per heavy atom. The quantitative estimate of drug-likeness (QED) is 0.481. The second-order valence-corrected chi connectivity index (χ2v) is 10.8. The van der Waals surface area contributed by atoms with Crippen molar-refractivity contribution >= 4 is 17.6 Å². The lowest BCUT2D eigenvalue weighted by molar-refractivity contribution is 0.0206. The van der Waals surface area contributed by atoms with Gasteiger partial charge in [0.25, 0.3) is 0 Å². The zero-order valence-corrected chi connectivity index (χ0v) is 22.7. The summed E-state index contributed by atoms with van der Waals surface area (Å²) in [7, 11) is 0. The maximum atomic E-state index is 14.0. The van der Waals surface area contributed by atoms with Gasteiger partial charge in [0.2, 0.25) is 5.88 Å². The summed E-state index contributed by atoms with van der Waals surface area (Å²) in [6, 6.07) is 4.70. The molecular weight excluding hydrogens is 505 g/mol. The van der Waals surface area contributed by atoms with Crippen molar-refractivity contribution in [2.75, 3.05) is 57.9 Å². The van der Waals surface area contributed by atoms with E-state index in [1.54, 1.807) is 27.6 Å². The predicted molar refractivity (Wildman–Crippen MR) is 143 cm³/mol. The summed E-state index contributed by atoms with van der Waals surface area (Å²) in [6.07, 6.45) is 4.37. The Labute approximate surface area is 227 Å².